The number of fused-ring (bicyclic) bond motifs is 3. The first-order chi connectivity index (χ1) is 27.1. The summed E-state index contributed by atoms with van der Waals surface area (Å²) in [6.07, 6.45) is 5.74. The molecule has 3 aromatic heterocycles. The first-order valence-electron chi connectivity index (χ1n) is 19.2. The van der Waals surface area contributed by atoms with Gasteiger partial charge in [-0.3, -0.25) is 14.4 Å². The van der Waals surface area contributed by atoms with E-state index in [-0.39, 0.29) is 24.7 Å². The van der Waals surface area contributed by atoms with Gasteiger partial charge in [-0.05, 0) is 88.8 Å². The molecule has 5 aromatic rings. The number of amides is 1. The number of aliphatic hydroxyl groups excluding tert-OH is 1. The minimum absolute atomic E-state index is 0.00520. The summed E-state index contributed by atoms with van der Waals surface area (Å²) < 4.78 is 8.14. The Morgan fingerprint density at radius 1 is 0.964 bits per heavy atom. The minimum Gasteiger partial charge on any atom is -0.490 e. The van der Waals surface area contributed by atoms with E-state index in [9.17, 15) is 4.79 Å². The third-order valence-electron chi connectivity index (χ3n) is 10.6. The van der Waals surface area contributed by atoms with Crippen molar-refractivity contribution in [2.24, 2.45) is 4.99 Å². The predicted molar refractivity (Wildman–Crippen MR) is 219 cm³/mol. The van der Waals surface area contributed by atoms with Gasteiger partial charge < -0.3 is 19.6 Å². The Kier molecular flexibility index (Phi) is 12.1. The van der Waals surface area contributed by atoms with Crippen LogP contribution in [0.25, 0.3) is 5.00 Å². The Hall–Kier alpha value is -5.16. The highest BCUT2D eigenvalue weighted by Crippen LogP contribution is 2.38. The number of rotatable bonds is 7. The molecule has 1 N–H and O–H groups in total. The molecule has 2 aromatic carbocycles. The lowest BCUT2D eigenvalue weighted by Gasteiger charge is -2.32. The molecule has 14 heteroatoms. The summed E-state index contributed by atoms with van der Waals surface area (Å²) in [6, 6.07) is 19.1. The Bertz CT molecular complexity index is 2250. The summed E-state index contributed by atoms with van der Waals surface area (Å²) in [5, 5.41) is 36.8. The number of halogens is 1. The smallest absolute Gasteiger partial charge is 0.274 e. The van der Waals surface area contributed by atoms with Gasteiger partial charge in [-0.2, -0.15) is 5.26 Å². The highest BCUT2D eigenvalue weighted by molar-refractivity contribution is 7.15. The third kappa shape index (κ3) is 8.33. The molecule has 2 saturated heterocycles. The molecule has 3 aliphatic heterocycles. The van der Waals surface area contributed by atoms with Gasteiger partial charge in [0.15, 0.2) is 17.3 Å². The number of carbonyl (C=O) groups is 1. The third-order valence-corrected chi connectivity index (χ3v) is 12.1. The molecule has 6 heterocycles. The number of nitriles is 1. The summed E-state index contributed by atoms with van der Waals surface area (Å²) in [7, 11) is 0. The van der Waals surface area contributed by atoms with E-state index in [2.05, 4.69) is 74.9 Å². The number of hydrogen-bond donors (Lipinski definition) is 1. The number of ether oxygens (including phenoxy) is 1. The van der Waals surface area contributed by atoms with Crippen molar-refractivity contribution in [2.45, 2.75) is 78.4 Å². The molecular weight excluding hydrogens is 746 g/mol. The number of piperidine rings is 2. The summed E-state index contributed by atoms with van der Waals surface area (Å²) in [5.41, 5.74) is 6.48. The maximum Gasteiger partial charge on any atom is 0.274 e. The fraction of sp³-hybridized carbons (Fsp3) is 0.405. The number of nitrogens with zero attached hydrogens (tertiary/aromatic N) is 9. The van der Waals surface area contributed by atoms with Crippen molar-refractivity contribution in [2.75, 3.05) is 37.7 Å². The summed E-state index contributed by atoms with van der Waals surface area (Å²) >= 11 is 7.84. The predicted octanol–water partition coefficient (Wildman–Crippen LogP) is 7.38. The van der Waals surface area contributed by atoms with Crippen LogP contribution in [0.4, 0.5) is 5.82 Å². The zero-order valence-electron chi connectivity index (χ0n) is 32.2. The molecule has 2 fully saturated rings. The molecule has 0 aliphatic carbocycles. The Labute approximate surface area is 336 Å². The number of aliphatic imine (C=N–C) groups is 1. The molecular formula is C42H46ClN9O3S. The molecule has 0 radical (unpaired) electrons. The Morgan fingerprint density at radius 2 is 1.71 bits per heavy atom. The molecule has 0 saturated carbocycles. The summed E-state index contributed by atoms with van der Waals surface area (Å²) in [4.78, 5) is 23.1. The fourth-order valence-electron chi connectivity index (χ4n) is 7.36. The maximum atomic E-state index is 12.8. The lowest BCUT2D eigenvalue weighted by Crippen LogP contribution is -2.42. The number of aryl methyl sites for hydroxylation is 2. The lowest BCUT2D eigenvalue weighted by molar-refractivity contribution is 0.0589. The number of aromatic nitrogens is 5. The number of thiophene rings is 1. The number of likely N-dealkylation sites (tertiary alicyclic amines) is 1. The SMILES string of the molecule is Cc1sc2c(c1C)C(c1ccc(CCO)cc1)=NC(C)c1nnc(C)n1-2.N#Cc1ccc(OC2CCN(C(=O)c3ccc(N4CCCCC4)nn3)CC2)cc1Cl. The molecule has 56 heavy (non-hydrogen) atoms. The topological polar surface area (TPSA) is 146 Å². The highest BCUT2D eigenvalue weighted by atomic mass is 35.5. The lowest BCUT2D eigenvalue weighted by atomic mass is 9.98. The molecule has 1 unspecified atom stereocenters. The van der Waals surface area contributed by atoms with Crippen LogP contribution in [0.2, 0.25) is 5.02 Å². The zero-order chi connectivity index (χ0) is 39.3. The number of hydrogen-bond acceptors (Lipinski definition) is 11. The highest BCUT2D eigenvalue weighted by Gasteiger charge is 2.30. The van der Waals surface area contributed by atoms with Crippen LogP contribution in [0.15, 0.2) is 59.6 Å². The van der Waals surface area contributed by atoms with Crippen LogP contribution in [0.3, 0.4) is 0 Å². The first-order valence-corrected chi connectivity index (χ1v) is 20.4. The maximum absolute atomic E-state index is 12.8. The van der Waals surface area contributed by atoms with Gasteiger partial charge in [0.05, 0.1) is 16.3 Å². The standard InChI is InChI=1S/C22H24ClN5O2.C20H22N4OS/c23-19-14-18(5-4-16(19)15-24)30-17-8-12-28(13-9-17)22(29)20-6-7-21(26-25-20)27-10-2-1-3-11-27;1-11-13(3)26-20-17(11)18(16-7-5-15(6-8-16)9-10-25)21-12(2)19-23-22-14(4)24(19)20/h4-7,14,17H,1-3,8-13H2;5-8,12,25H,9-10H2,1-4H3. The van der Waals surface area contributed by atoms with Crippen LogP contribution in [0, 0.1) is 32.1 Å². The Balaban J connectivity index is 0.000000173. The van der Waals surface area contributed by atoms with Crippen molar-refractivity contribution >= 4 is 40.4 Å². The monoisotopic (exact) mass is 791 g/mol. The average molecular weight is 792 g/mol. The van der Waals surface area contributed by atoms with E-state index in [0.29, 0.717) is 41.5 Å². The van der Waals surface area contributed by atoms with E-state index < -0.39 is 0 Å². The first kappa shape index (κ1) is 39.1. The molecule has 3 aliphatic rings. The molecule has 1 amide bonds. The normalized spacial score (nSPS) is 16.8. The van der Waals surface area contributed by atoms with Crippen molar-refractivity contribution in [3.05, 3.63) is 110 Å². The van der Waals surface area contributed by atoms with Gasteiger partial charge >= 0.3 is 0 Å². The van der Waals surface area contributed by atoms with E-state index in [1.807, 2.05) is 19.1 Å². The fourth-order valence-corrected chi connectivity index (χ4v) is 8.79. The summed E-state index contributed by atoms with van der Waals surface area (Å²) in [6.45, 7) is 11.7. The second-order valence-corrected chi connectivity index (χ2v) is 16.0. The van der Waals surface area contributed by atoms with Crippen molar-refractivity contribution in [3.8, 4) is 16.8 Å². The van der Waals surface area contributed by atoms with Crippen LogP contribution in [0.5, 0.6) is 5.75 Å². The second kappa shape index (κ2) is 17.3. The largest absolute Gasteiger partial charge is 0.490 e. The van der Waals surface area contributed by atoms with E-state index >= 15 is 0 Å². The van der Waals surface area contributed by atoms with E-state index in [1.165, 1.54) is 35.3 Å². The molecule has 0 spiro atoms. The number of anilines is 1. The van der Waals surface area contributed by atoms with Crippen LogP contribution in [-0.4, -0.2) is 85.5 Å². The van der Waals surface area contributed by atoms with Gasteiger partial charge in [-0.15, -0.1) is 31.7 Å². The number of aliphatic hydroxyl groups is 1. The van der Waals surface area contributed by atoms with Crippen LogP contribution in [-0.2, 0) is 6.42 Å². The van der Waals surface area contributed by atoms with Gasteiger partial charge in [0.25, 0.3) is 5.91 Å². The van der Waals surface area contributed by atoms with Crippen LogP contribution >= 0.6 is 22.9 Å². The zero-order valence-corrected chi connectivity index (χ0v) is 33.8. The quantitative estimate of drug-likeness (QED) is 0.179. The second-order valence-electron chi connectivity index (χ2n) is 14.4. The van der Waals surface area contributed by atoms with Crippen molar-refractivity contribution in [1.29, 1.82) is 5.26 Å². The molecule has 290 valence electrons. The van der Waals surface area contributed by atoms with Gasteiger partial charge in [0.1, 0.15) is 34.8 Å². The van der Waals surface area contributed by atoms with Gasteiger partial charge in [-0.1, -0.05) is 35.9 Å². The molecule has 0 bridgehead atoms. The van der Waals surface area contributed by atoms with E-state index in [1.54, 1.807) is 40.5 Å². The van der Waals surface area contributed by atoms with Crippen molar-refractivity contribution in [1.82, 2.24) is 29.9 Å². The molecule has 1 atom stereocenters. The number of carbonyl (C=O) groups excluding carboxylic acids is 1. The molecule has 12 nitrogen and oxygen atoms in total. The van der Waals surface area contributed by atoms with Gasteiger partial charge in [0.2, 0.25) is 0 Å². The van der Waals surface area contributed by atoms with E-state index in [4.69, 9.17) is 31.7 Å². The van der Waals surface area contributed by atoms with Crippen LogP contribution in [0.1, 0.15) is 99.9 Å². The Morgan fingerprint density at radius 3 is 2.38 bits per heavy atom. The van der Waals surface area contributed by atoms with Crippen molar-refractivity contribution < 1.29 is 14.6 Å². The van der Waals surface area contributed by atoms with Gasteiger partial charge in [0, 0.05) is 67.7 Å². The average Bonchev–Trinajstić information content (AvgIpc) is 3.71. The summed E-state index contributed by atoms with van der Waals surface area (Å²) in [5.74, 6) is 3.18. The van der Waals surface area contributed by atoms with Crippen molar-refractivity contribution in [3.63, 3.8) is 0 Å². The van der Waals surface area contributed by atoms with Crippen LogP contribution < -0.4 is 9.64 Å². The van der Waals surface area contributed by atoms with Gasteiger partial charge in [-0.25, -0.2) is 0 Å². The molecule has 8 rings (SSSR count). The minimum atomic E-state index is -0.0902. The van der Waals surface area contributed by atoms with E-state index in [0.717, 1.165) is 65.2 Å². The number of benzene rings is 2.